The molecule has 1 aromatic heterocycles. The number of nitrogens with one attached hydrogen (secondary N) is 1. The molecule has 1 aliphatic heterocycles. The number of nitrogens with zero attached hydrogens (tertiary/aromatic N) is 1. The highest BCUT2D eigenvalue weighted by atomic mass is 35.5. The van der Waals surface area contributed by atoms with Crippen molar-refractivity contribution in [2.75, 3.05) is 11.9 Å². The number of hydrogen-bond acceptors (Lipinski definition) is 4. The number of fused-ring (bicyclic) bond motifs is 1. The van der Waals surface area contributed by atoms with E-state index in [0.29, 0.717) is 16.8 Å². The number of benzene rings is 1. The van der Waals surface area contributed by atoms with Gasteiger partial charge in [-0.15, -0.1) is 11.3 Å². The Labute approximate surface area is 130 Å². The van der Waals surface area contributed by atoms with Crippen LogP contribution in [0.25, 0.3) is 6.08 Å². The lowest BCUT2D eigenvalue weighted by atomic mass is 10.1. The van der Waals surface area contributed by atoms with Crippen molar-refractivity contribution in [2.45, 2.75) is 0 Å². The first-order valence-corrected chi connectivity index (χ1v) is 7.48. The fourth-order valence-electron chi connectivity index (χ4n) is 1.88. The number of amides is 1. The van der Waals surface area contributed by atoms with Gasteiger partial charge in [0.15, 0.2) is 5.13 Å². The molecule has 6 heteroatoms. The summed E-state index contributed by atoms with van der Waals surface area (Å²) in [5, 5.41) is 5.72. The van der Waals surface area contributed by atoms with Gasteiger partial charge in [0.1, 0.15) is 12.4 Å². The lowest BCUT2D eigenvalue weighted by Gasteiger charge is -2.16. The Kier molecular flexibility index (Phi) is 4.03. The van der Waals surface area contributed by atoms with E-state index in [1.165, 1.54) is 17.4 Å². The van der Waals surface area contributed by atoms with Gasteiger partial charge in [0.05, 0.1) is 0 Å². The summed E-state index contributed by atoms with van der Waals surface area (Å²) >= 11 is 7.33. The molecule has 0 unspecified atom stereocenters. The van der Waals surface area contributed by atoms with Crippen LogP contribution in [0.15, 0.2) is 47.5 Å². The highest BCUT2D eigenvalue weighted by Gasteiger charge is 2.10. The highest BCUT2D eigenvalue weighted by Crippen LogP contribution is 2.29. The van der Waals surface area contributed by atoms with Gasteiger partial charge in [0.2, 0.25) is 5.91 Å². The Bertz CT molecular complexity index is 723. The molecule has 2 heterocycles. The van der Waals surface area contributed by atoms with Gasteiger partial charge in [0.25, 0.3) is 0 Å². The minimum Gasteiger partial charge on any atom is -0.488 e. The van der Waals surface area contributed by atoms with Crippen LogP contribution in [0.5, 0.6) is 5.75 Å². The van der Waals surface area contributed by atoms with E-state index in [9.17, 15) is 4.79 Å². The Morgan fingerprint density at radius 2 is 2.38 bits per heavy atom. The number of hydrogen-bond donors (Lipinski definition) is 1. The lowest BCUT2D eigenvalue weighted by molar-refractivity contribution is -0.111. The van der Waals surface area contributed by atoms with E-state index >= 15 is 0 Å². The van der Waals surface area contributed by atoms with Crippen molar-refractivity contribution < 1.29 is 9.53 Å². The molecule has 0 bridgehead atoms. The lowest BCUT2D eigenvalue weighted by Crippen LogP contribution is -2.09. The van der Waals surface area contributed by atoms with Crippen molar-refractivity contribution in [2.24, 2.45) is 0 Å². The average Bonchev–Trinajstić information content (AvgIpc) is 2.97. The van der Waals surface area contributed by atoms with Crippen molar-refractivity contribution in [1.82, 2.24) is 4.98 Å². The summed E-state index contributed by atoms with van der Waals surface area (Å²) in [5.74, 6) is 0.575. The van der Waals surface area contributed by atoms with Crippen molar-refractivity contribution in [3.05, 3.63) is 58.1 Å². The molecule has 1 N–H and O–H groups in total. The van der Waals surface area contributed by atoms with E-state index in [-0.39, 0.29) is 5.91 Å². The molecule has 1 aromatic carbocycles. The number of aromatic nitrogens is 1. The summed E-state index contributed by atoms with van der Waals surface area (Å²) in [4.78, 5) is 15.7. The highest BCUT2D eigenvalue weighted by molar-refractivity contribution is 7.13. The van der Waals surface area contributed by atoms with Crippen LogP contribution in [-0.2, 0) is 4.79 Å². The van der Waals surface area contributed by atoms with Gasteiger partial charge in [-0.05, 0) is 29.8 Å². The minimum absolute atomic E-state index is 0.220. The molecule has 0 saturated carbocycles. The maximum Gasteiger partial charge on any atom is 0.250 e. The third-order valence-corrected chi connectivity index (χ3v) is 3.74. The van der Waals surface area contributed by atoms with Gasteiger partial charge in [-0.3, -0.25) is 10.1 Å². The van der Waals surface area contributed by atoms with Crippen LogP contribution in [0.2, 0.25) is 5.02 Å². The zero-order chi connectivity index (χ0) is 14.7. The molecule has 0 fully saturated rings. The quantitative estimate of drug-likeness (QED) is 0.876. The van der Waals surface area contributed by atoms with E-state index in [4.69, 9.17) is 16.3 Å². The van der Waals surface area contributed by atoms with Gasteiger partial charge in [0, 0.05) is 28.2 Å². The van der Waals surface area contributed by atoms with Crippen molar-refractivity contribution in [1.29, 1.82) is 0 Å². The van der Waals surface area contributed by atoms with E-state index in [2.05, 4.69) is 10.3 Å². The van der Waals surface area contributed by atoms with Crippen LogP contribution in [0, 0.1) is 0 Å². The van der Waals surface area contributed by atoms with Gasteiger partial charge in [-0.2, -0.15) is 0 Å². The van der Waals surface area contributed by atoms with Gasteiger partial charge < -0.3 is 4.74 Å². The Balaban J connectivity index is 1.70. The zero-order valence-electron chi connectivity index (χ0n) is 10.9. The van der Waals surface area contributed by atoms with Crippen LogP contribution in [0.3, 0.4) is 0 Å². The molecular weight excluding hydrogens is 308 g/mol. The van der Waals surface area contributed by atoms with E-state index in [0.717, 1.165) is 16.9 Å². The fourth-order valence-corrected chi connectivity index (χ4v) is 2.59. The molecule has 21 heavy (non-hydrogen) atoms. The number of thiazole rings is 1. The van der Waals surface area contributed by atoms with Gasteiger partial charge >= 0.3 is 0 Å². The molecule has 1 amide bonds. The Morgan fingerprint density at radius 1 is 1.48 bits per heavy atom. The molecule has 1 aliphatic rings. The van der Waals surface area contributed by atoms with Crippen LogP contribution in [-0.4, -0.2) is 17.5 Å². The second-order valence-electron chi connectivity index (χ2n) is 4.35. The van der Waals surface area contributed by atoms with Crippen LogP contribution >= 0.6 is 22.9 Å². The fraction of sp³-hybridized carbons (Fsp3) is 0.0667. The van der Waals surface area contributed by atoms with Crippen molar-refractivity contribution in [3.8, 4) is 5.75 Å². The first-order chi connectivity index (χ1) is 10.2. The summed E-state index contributed by atoms with van der Waals surface area (Å²) in [6.45, 7) is 0.426. The predicted octanol–water partition coefficient (Wildman–Crippen LogP) is 3.77. The van der Waals surface area contributed by atoms with Crippen molar-refractivity contribution in [3.63, 3.8) is 0 Å². The Morgan fingerprint density at radius 3 is 3.19 bits per heavy atom. The van der Waals surface area contributed by atoms with Crippen LogP contribution < -0.4 is 10.1 Å². The average molecular weight is 319 g/mol. The molecule has 0 radical (unpaired) electrons. The maximum absolute atomic E-state index is 11.7. The van der Waals surface area contributed by atoms with E-state index < -0.39 is 0 Å². The minimum atomic E-state index is -0.220. The number of carbonyl (C=O) groups excluding carboxylic acids is 1. The zero-order valence-corrected chi connectivity index (χ0v) is 12.4. The molecule has 2 aromatic rings. The monoisotopic (exact) mass is 318 g/mol. The summed E-state index contributed by atoms with van der Waals surface area (Å²) in [7, 11) is 0. The third kappa shape index (κ3) is 3.51. The van der Waals surface area contributed by atoms with E-state index in [1.54, 1.807) is 23.7 Å². The first-order valence-electron chi connectivity index (χ1n) is 6.22. The smallest absolute Gasteiger partial charge is 0.250 e. The Hall–Kier alpha value is -2.11. The van der Waals surface area contributed by atoms with Gasteiger partial charge in [-0.1, -0.05) is 17.7 Å². The summed E-state index contributed by atoms with van der Waals surface area (Å²) < 4.78 is 5.61. The summed E-state index contributed by atoms with van der Waals surface area (Å²) in [6.07, 6.45) is 6.79. The first kappa shape index (κ1) is 13.9. The molecule has 0 saturated heterocycles. The van der Waals surface area contributed by atoms with Crippen LogP contribution in [0.4, 0.5) is 5.13 Å². The van der Waals surface area contributed by atoms with Crippen LogP contribution in [0.1, 0.15) is 5.56 Å². The standard InChI is InChI=1S/C15H11ClN2O2S/c16-12-2-3-13-11(8-12)7-10(9-20-13)1-4-14(19)18-15-17-5-6-21-15/h1-8H,9H2,(H,17,18,19)/b4-1+. The third-order valence-electron chi connectivity index (χ3n) is 2.82. The number of anilines is 1. The van der Waals surface area contributed by atoms with E-state index in [1.807, 2.05) is 18.2 Å². The normalized spacial score (nSPS) is 13.5. The van der Waals surface area contributed by atoms with Gasteiger partial charge in [-0.25, -0.2) is 4.98 Å². The topological polar surface area (TPSA) is 51.2 Å². The maximum atomic E-state index is 11.7. The number of ether oxygens (including phenoxy) is 1. The summed E-state index contributed by atoms with van der Waals surface area (Å²) in [6, 6.07) is 5.46. The summed E-state index contributed by atoms with van der Waals surface area (Å²) in [5.41, 5.74) is 1.81. The molecule has 0 spiro atoms. The largest absolute Gasteiger partial charge is 0.488 e. The molecule has 106 valence electrons. The predicted molar refractivity (Wildman–Crippen MR) is 84.8 cm³/mol. The second kappa shape index (κ2) is 6.11. The number of carbonyl (C=O) groups is 1. The van der Waals surface area contributed by atoms with Crippen molar-refractivity contribution >= 4 is 40.1 Å². The molecule has 3 rings (SSSR count). The molecule has 4 nitrogen and oxygen atoms in total. The number of halogens is 1. The number of rotatable bonds is 3. The molecule has 0 aliphatic carbocycles. The second-order valence-corrected chi connectivity index (χ2v) is 5.68. The molecular formula is C15H11ClN2O2S. The molecule has 0 atom stereocenters. The SMILES string of the molecule is O=C(/C=C/C1=Cc2cc(Cl)ccc2OC1)Nc1nccs1.